The highest BCUT2D eigenvalue weighted by Gasteiger charge is 2.00. The molecular weight excluding hydrogens is 268 g/mol. The Labute approximate surface area is 103 Å². The van der Waals surface area contributed by atoms with Crippen LogP contribution in [0.3, 0.4) is 0 Å². The van der Waals surface area contributed by atoms with E-state index in [1.807, 2.05) is 36.4 Å². The van der Waals surface area contributed by atoms with Gasteiger partial charge in [-0.3, -0.25) is 0 Å². The summed E-state index contributed by atoms with van der Waals surface area (Å²) in [5.41, 5.74) is 0.935. The van der Waals surface area contributed by atoms with Gasteiger partial charge in [-0.2, -0.15) is 0 Å². The molecule has 0 bridgehead atoms. The van der Waals surface area contributed by atoms with E-state index < -0.39 is 0 Å². The Morgan fingerprint density at radius 1 is 1.06 bits per heavy atom. The van der Waals surface area contributed by atoms with Crippen molar-refractivity contribution in [3.63, 3.8) is 0 Å². The third-order valence-electron chi connectivity index (χ3n) is 2.16. The molecule has 0 aliphatic heterocycles. The summed E-state index contributed by atoms with van der Waals surface area (Å²) in [6.07, 6.45) is 0. The van der Waals surface area contributed by atoms with Gasteiger partial charge in [-0.05, 0) is 45.8 Å². The summed E-state index contributed by atoms with van der Waals surface area (Å²) < 4.78 is 6.25. The van der Waals surface area contributed by atoms with Crippen molar-refractivity contribution in [1.29, 1.82) is 0 Å². The lowest BCUT2D eigenvalue weighted by Crippen LogP contribution is -1.94. The standard InChI is InChI=1S/C13H11BrO2/c14-12-7-6-10(8-13(12)15)9-16-11-4-2-1-3-5-11/h1-8,15H,9H2. The second-order valence-corrected chi connectivity index (χ2v) is 4.24. The predicted octanol–water partition coefficient (Wildman–Crippen LogP) is 3.73. The molecule has 0 radical (unpaired) electrons. The molecule has 82 valence electrons. The Morgan fingerprint density at radius 2 is 1.81 bits per heavy atom. The minimum Gasteiger partial charge on any atom is -0.507 e. The number of phenolic OH excluding ortho intramolecular Hbond substituents is 1. The Kier molecular flexibility index (Phi) is 3.47. The molecule has 0 spiro atoms. The van der Waals surface area contributed by atoms with Gasteiger partial charge in [0.15, 0.2) is 0 Å². The molecule has 0 aliphatic carbocycles. The highest BCUT2D eigenvalue weighted by atomic mass is 79.9. The number of ether oxygens (including phenoxy) is 1. The average molecular weight is 279 g/mol. The molecule has 0 saturated carbocycles. The van der Waals surface area contributed by atoms with Crippen molar-refractivity contribution in [3.05, 3.63) is 58.6 Å². The van der Waals surface area contributed by atoms with E-state index in [-0.39, 0.29) is 5.75 Å². The number of para-hydroxylation sites is 1. The molecule has 2 rings (SSSR count). The monoisotopic (exact) mass is 278 g/mol. The molecule has 0 unspecified atom stereocenters. The zero-order valence-corrected chi connectivity index (χ0v) is 10.1. The number of rotatable bonds is 3. The summed E-state index contributed by atoms with van der Waals surface area (Å²) in [6, 6.07) is 15.0. The van der Waals surface area contributed by atoms with Gasteiger partial charge in [0.25, 0.3) is 0 Å². The van der Waals surface area contributed by atoms with Crippen molar-refractivity contribution < 1.29 is 9.84 Å². The molecule has 1 N–H and O–H groups in total. The van der Waals surface area contributed by atoms with Gasteiger partial charge in [-0.1, -0.05) is 24.3 Å². The van der Waals surface area contributed by atoms with Gasteiger partial charge >= 0.3 is 0 Å². The van der Waals surface area contributed by atoms with Crippen molar-refractivity contribution in [2.45, 2.75) is 6.61 Å². The summed E-state index contributed by atoms with van der Waals surface area (Å²) in [6.45, 7) is 0.449. The van der Waals surface area contributed by atoms with Gasteiger partial charge in [0.1, 0.15) is 18.1 Å². The van der Waals surface area contributed by atoms with Crippen molar-refractivity contribution >= 4 is 15.9 Å². The molecule has 2 nitrogen and oxygen atoms in total. The largest absolute Gasteiger partial charge is 0.507 e. The highest BCUT2D eigenvalue weighted by Crippen LogP contribution is 2.24. The topological polar surface area (TPSA) is 29.5 Å². The van der Waals surface area contributed by atoms with E-state index in [2.05, 4.69) is 15.9 Å². The van der Waals surface area contributed by atoms with Gasteiger partial charge in [0.2, 0.25) is 0 Å². The van der Waals surface area contributed by atoms with Crippen molar-refractivity contribution in [3.8, 4) is 11.5 Å². The minimum atomic E-state index is 0.231. The highest BCUT2D eigenvalue weighted by molar-refractivity contribution is 9.10. The maximum Gasteiger partial charge on any atom is 0.130 e. The first kappa shape index (κ1) is 11.0. The van der Waals surface area contributed by atoms with Crippen LogP contribution in [0.5, 0.6) is 11.5 Å². The van der Waals surface area contributed by atoms with Crippen LogP contribution in [0, 0.1) is 0 Å². The number of aromatic hydroxyl groups is 1. The Bertz CT molecular complexity index is 469. The SMILES string of the molecule is Oc1cc(COc2ccccc2)ccc1Br. The van der Waals surface area contributed by atoms with E-state index in [0.717, 1.165) is 11.3 Å². The molecule has 0 fully saturated rings. The first-order chi connectivity index (χ1) is 7.75. The van der Waals surface area contributed by atoms with Crippen LogP contribution in [0.25, 0.3) is 0 Å². The first-order valence-electron chi connectivity index (χ1n) is 4.91. The van der Waals surface area contributed by atoms with Gasteiger partial charge in [-0.25, -0.2) is 0 Å². The molecule has 0 saturated heterocycles. The molecule has 0 heterocycles. The summed E-state index contributed by atoms with van der Waals surface area (Å²) in [5.74, 6) is 1.05. The summed E-state index contributed by atoms with van der Waals surface area (Å²) >= 11 is 3.23. The fourth-order valence-corrected chi connectivity index (χ4v) is 1.58. The number of hydrogen-bond acceptors (Lipinski definition) is 2. The van der Waals surface area contributed by atoms with Crippen LogP contribution in [0.1, 0.15) is 5.56 Å². The van der Waals surface area contributed by atoms with Crippen molar-refractivity contribution in [2.75, 3.05) is 0 Å². The normalized spacial score (nSPS) is 10.1. The fourth-order valence-electron chi connectivity index (χ4n) is 1.33. The van der Waals surface area contributed by atoms with Crippen LogP contribution in [-0.2, 0) is 6.61 Å². The summed E-state index contributed by atoms with van der Waals surface area (Å²) in [5, 5.41) is 9.49. The van der Waals surface area contributed by atoms with Crippen molar-refractivity contribution in [1.82, 2.24) is 0 Å². The maximum atomic E-state index is 9.49. The number of benzene rings is 2. The second-order valence-electron chi connectivity index (χ2n) is 3.39. The van der Waals surface area contributed by atoms with Crippen LogP contribution in [0.2, 0.25) is 0 Å². The van der Waals surface area contributed by atoms with Crippen LogP contribution >= 0.6 is 15.9 Å². The summed E-state index contributed by atoms with van der Waals surface area (Å²) in [4.78, 5) is 0. The lowest BCUT2D eigenvalue weighted by Gasteiger charge is -2.06. The lowest BCUT2D eigenvalue weighted by atomic mass is 10.2. The number of hydrogen-bond donors (Lipinski definition) is 1. The molecule has 2 aromatic carbocycles. The van der Waals surface area contributed by atoms with E-state index in [0.29, 0.717) is 11.1 Å². The average Bonchev–Trinajstić information content (AvgIpc) is 2.32. The maximum absolute atomic E-state index is 9.49. The minimum absolute atomic E-state index is 0.231. The van der Waals surface area contributed by atoms with E-state index in [1.165, 1.54) is 0 Å². The number of halogens is 1. The molecule has 16 heavy (non-hydrogen) atoms. The van der Waals surface area contributed by atoms with Crippen LogP contribution in [0.4, 0.5) is 0 Å². The van der Waals surface area contributed by atoms with E-state index >= 15 is 0 Å². The van der Waals surface area contributed by atoms with E-state index in [9.17, 15) is 5.11 Å². The molecule has 2 aromatic rings. The first-order valence-corrected chi connectivity index (χ1v) is 5.70. The predicted molar refractivity (Wildman–Crippen MR) is 66.6 cm³/mol. The second kappa shape index (κ2) is 5.03. The molecular formula is C13H11BrO2. The van der Waals surface area contributed by atoms with Gasteiger partial charge in [-0.15, -0.1) is 0 Å². The van der Waals surface area contributed by atoms with Gasteiger partial charge in [0, 0.05) is 0 Å². The van der Waals surface area contributed by atoms with Crippen molar-refractivity contribution in [2.24, 2.45) is 0 Å². The smallest absolute Gasteiger partial charge is 0.130 e. The van der Waals surface area contributed by atoms with Crippen LogP contribution in [-0.4, -0.2) is 5.11 Å². The third-order valence-corrected chi connectivity index (χ3v) is 2.83. The molecule has 0 amide bonds. The Hall–Kier alpha value is -1.48. The van der Waals surface area contributed by atoms with Crippen LogP contribution in [0.15, 0.2) is 53.0 Å². The van der Waals surface area contributed by atoms with E-state index in [4.69, 9.17) is 4.74 Å². The van der Waals surface area contributed by atoms with Gasteiger partial charge in [0.05, 0.1) is 4.47 Å². The van der Waals surface area contributed by atoms with E-state index in [1.54, 1.807) is 12.1 Å². The summed E-state index contributed by atoms with van der Waals surface area (Å²) in [7, 11) is 0. The zero-order valence-electron chi connectivity index (χ0n) is 8.56. The third kappa shape index (κ3) is 2.76. The number of phenols is 1. The Morgan fingerprint density at radius 3 is 2.50 bits per heavy atom. The zero-order chi connectivity index (χ0) is 11.4. The molecule has 0 atom stereocenters. The van der Waals surface area contributed by atoms with Gasteiger partial charge < -0.3 is 9.84 Å². The van der Waals surface area contributed by atoms with Crippen LogP contribution < -0.4 is 4.74 Å². The molecule has 0 aromatic heterocycles. The lowest BCUT2D eigenvalue weighted by molar-refractivity contribution is 0.305. The molecule has 3 heteroatoms. The molecule has 0 aliphatic rings. The quantitative estimate of drug-likeness (QED) is 0.927. The Balaban J connectivity index is 2.03. The fraction of sp³-hybridized carbons (Fsp3) is 0.0769.